The van der Waals surface area contributed by atoms with Crippen molar-refractivity contribution in [2.24, 2.45) is 0 Å². The van der Waals surface area contributed by atoms with Gasteiger partial charge in [0.2, 0.25) is 0 Å². The standard InChI is InChI=1S/C22H32N6O3S/c1-28(2)13-12-24-22(29)26-17-10-8-16(9-11-17)21-25-18(14-20(23)27-21)15-32(30,31)19-6-4-3-5-7-19/h8-11,14,19H,3-7,12-13,15H2,1-2H3,(H2,23,25,27)(H2,24,26,29). The van der Waals surface area contributed by atoms with Crippen LogP contribution in [0, 0.1) is 0 Å². The Morgan fingerprint density at radius 2 is 1.81 bits per heavy atom. The number of rotatable bonds is 8. The summed E-state index contributed by atoms with van der Waals surface area (Å²) < 4.78 is 25.6. The minimum Gasteiger partial charge on any atom is -0.384 e. The lowest BCUT2D eigenvalue weighted by Gasteiger charge is -2.21. The Morgan fingerprint density at radius 3 is 2.47 bits per heavy atom. The van der Waals surface area contributed by atoms with Crippen molar-refractivity contribution in [2.75, 3.05) is 38.2 Å². The molecule has 0 bridgehead atoms. The maximum atomic E-state index is 12.8. The molecule has 2 amide bonds. The normalized spacial score (nSPS) is 15.0. The summed E-state index contributed by atoms with van der Waals surface area (Å²) in [5.41, 5.74) is 7.66. The monoisotopic (exact) mass is 460 g/mol. The number of benzene rings is 1. The van der Waals surface area contributed by atoms with E-state index in [1.807, 2.05) is 19.0 Å². The maximum absolute atomic E-state index is 12.8. The minimum atomic E-state index is -3.29. The largest absolute Gasteiger partial charge is 0.384 e. The summed E-state index contributed by atoms with van der Waals surface area (Å²) in [6, 6.07) is 8.26. The quantitative estimate of drug-likeness (QED) is 0.552. The predicted octanol–water partition coefficient (Wildman–Crippen LogP) is 2.66. The summed E-state index contributed by atoms with van der Waals surface area (Å²) in [7, 11) is 0.587. The first-order valence-electron chi connectivity index (χ1n) is 10.9. The molecule has 0 spiro atoms. The van der Waals surface area contributed by atoms with Gasteiger partial charge in [-0.3, -0.25) is 0 Å². The van der Waals surface area contributed by atoms with Crippen LogP contribution in [-0.4, -0.2) is 61.8 Å². The van der Waals surface area contributed by atoms with Crippen molar-refractivity contribution in [3.63, 3.8) is 0 Å². The number of nitrogens with one attached hydrogen (secondary N) is 2. The van der Waals surface area contributed by atoms with Crippen LogP contribution in [0.5, 0.6) is 0 Å². The molecule has 174 valence electrons. The maximum Gasteiger partial charge on any atom is 0.319 e. The van der Waals surface area contributed by atoms with Gasteiger partial charge in [-0.2, -0.15) is 0 Å². The number of nitrogens with zero attached hydrogens (tertiary/aromatic N) is 3. The fourth-order valence-corrected chi connectivity index (χ4v) is 5.59. The van der Waals surface area contributed by atoms with E-state index in [2.05, 4.69) is 20.6 Å². The lowest BCUT2D eigenvalue weighted by atomic mass is 10.0. The molecule has 0 saturated heterocycles. The Kier molecular flexibility index (Phi) is 8.03. The van der Waals surface area contributed by atoms with Crippen LogP contribution in [0.1, 0.15) is 37.8 Å². The highest BCUT2D eigenvalue weighted by molar-refractivity contribution is 7.91. The smallest absolute Gasteiger partial charge is 0.319 e. The van der Waals surface area contributed by atoms with E-state index in [1.54, 1.807) is 24.3 Å². The number of carbonyl (C=O) groups excluding carboxylic acids is 1. The summed E-state index contributed by atoms with van der Waals surface area (Å²) in [5, 5.41) is 5.25. The average molecular weight is 461 g/mol. The molecule has 1 aromatic heterocycles. The zero-order chi connectivity index (χ0) is 23.1. The van der Waals surface area contributed by atoms with Crippen LogP contribution in [0.2, 0.25) is 0 Å². The van der Waals surface area contributed by atoms with E-state index in [1.165, 1.54) is 6.07 Å². The second-order valence-electron chi connectivity index (χ2n) is 8.44. The van der Waals surface area contributed by atoms with Crippen LogP contribution < -0.4 is 16.4 Å². The number of likely N-dealkylation sites (N-methyl/N-ethyl adjacent to an activating group) is 1. The molecule has 32 heavy (non-hydrogen) atoms. The van der Waals surface area contributed by atoms with Crippen molar-refractivity contribution in [3.05, 3.63) is 36.0 Å². The van der Waals surface area contributed by atoms with Gasteiger partial charge in [0.15, 0.2) is 15.7 Å². The molecule has 0 unspecified atom stereocenters. The highest BCUT2D eigenvalue weighted by atomic mass is 32.2. The summed E-state index contributed by atoms with van der Waals surface area (Å²) in [6.45, 7) is 1.29. The van der Waals surface area contributed by atoms with E-state index in [4.69, 9.17) is 5.73 Å². The predicted molar refractivity (Wildman–Crippen MR) is 127 cm³/mol. The van der Waals surface area contributed by atoms with E-state index in [-0.39, 0.29) is 22.9 Å². The Morgan fingerprint density at radius 1 is 1.12 bits per heavy atom. The molecule has 1 aliphatic carbocycles. The van der Waals surface area contributed by atoms with Crippen LogP contribution in [0.15, 0.2) is 30.3 Å². The number of anilines is 2. The van der Waals surface area contributed by atoms with Gasteiger partial charge in [0, 0.05) is 30.4 Å². The number of hydrogen-bond acceptors (Lipinski definition) is 7. The number of amides is 2. The second-order valence-corrected chi connectivity index (χ2v) is 10.7. The van der Waals surface area contributed by atoms with Crippen molar-refractivity contribution in [2.45, 2.75) is 43.1 Å². The molecule has 10 heteroatoms. The number of sulfone groups is 1. The molecule has 1 saturated carbocycles. The third-order valence-corrected chi connectivity index (χ3v) is 7.64. The van der Waals surface area contributed by atoms with Crippen LogP contribution >= 0.6 is 0 Å². The molecule has 1 aliphatic rings. The minimum absolute atomic E-state index is 0.135. The molecule has 1 fully saturated rings. The lowest BCUT2D eigenvalue weighted by molar-refractivity contribution is 0.250. The summed E-state index contributed by atoms with van der Waals surface area (Å²) in [4.78, 5) is 22.7. The Labute approximate surface area is 189 Å². The molecular weight excluding hydrogens is 428 g/mol. The van der Waals surface area contributed by atoms with E-state index < -0.39 is 9.84 Å². The summed E-state index contributed by atoms with van der Waals surface area (Å²) >= 11 is 0. The topological polar surface area (TPSA) is 130 Å². The number of hydrogen-bond donors (Lipinski definition) is 3. The molecule has 0 aliphatic heterocycles. The van der Waals surface area contributed by atoms with Gasteiger partial charge < -0.3 is 21.3 Å². The van der Waals surface area contributed by atoms with Gasteiger partial charge in [0.25, 0.3) is 0 Å². The number of nitrogen functional groups attached to an aromatic ring is 1. The van der Waals surface area contributed by atoms with Gasteiger partial charge >= 0.3 is 6.03 Å². The van der Waals surface area contributed by atoms with Crippen molar-refractivity contribution in [1.29, 1.82) is 0 Å². The van der Waals surface area contributed by atoms with Crippen LogP contribution in [0.3, 0.4) is 0 Å². The Hall–Kier alpha value is -2.72. The van der Waals surface area contributed by atoms with E-state index in [0.717, 1.165) is 25.8 Å². The number of nitrogens with two attached hydrogens (primary N) is 1. The highest BCUT2D eigenvalue weighted by Crippen LogP contribution is 2.27. The van der Waals surface area contributed by atoms with Crippen LogP contribution in [0.25, 0.3) is 11.4 Å². The van der Waals surface area contributed by atoms with Gasteiger partial charge in [-0.15, -0.1) is 0 Å². The van der Waals surface area contributed by atoms with Crippen molar-refractivity contribution in [3.8, 4) is 11.4 Å². The zero-order valence-electron chi connectivity index (χ0n) is 18.7. The number of carbonyl (C=O) groups is 1. The Bertz CT molecular complexity index is 1020. The zero-order valence-corrected chi connectivity index (χ0v) is 19.5. The molecule has 0 atom stereocenters. The number of urea groups is 1. The van der Waals surface area contributed by atoms with Gasteiger partial charge in [-0.05, 0) is 51.2 Å². The molecule has 3 rings (SSSR count). The molecule has 0 radical (unpaired) electrons. The van der Waals surface area contributed by atoms with Crippen molar-refractivity contribution in [1.82, 2.24) is 20.2 Å². The molecular formula is C22H32N6O3S. The molecule has 4 N–H and O–H groups in total. The fraction of sp³-hybridized carbons (Fsp3) is 0.500. The van der Waals surface area contributed by atoms with Gasteiger partial charge in [0.1, 0.15) is 5.82 Å². The van der Waals surface area contributed by atoms with Gasteiger partial charge in [0.05, 0.1) is 16.7 Å². The van der Waals surface area contributed by atoms with Crippen molar-refractivity contribution >= 4 is 27.4 Å². The highest BCUT2D eigenvalue weighted by Gasteiger charge is 2.28. The first kappa shape index (κ1) is 23.9. The van der Waals surface area contributed by atoms with Crippen molar-refractivity contribution < 1.29 is 13.2 Å². The molecule has 1 heterocycles. The van der Waals surface area contributed by atoms with E-state index >= 15 is 0 Å². The third-order valence-electron chi connectivity index (χ3n) is 5.45. The first-order chi connectivity index (χ1) is 15.2. The number of aromatic nitrogens is 2. The summed E-state index contributed by atoms with van der Waals surface area (Å²) in [6.07, 6.45) is 4.43. The average Bonchev–Trinajstić information content (AvgIpc) is 2.74. The lowest BCUT2D eigenvalue weighted by Crippen LogP contribution is -2.34. The summed E-state index contributed by atoms with van der Waals surface area (Å²) in [5.74, 6) is 0.455. The molecule has 1 aromatic carbocycles. The van der Waals surface area contributed by atoms with Crippen LogP contribution in [-0.2, 0) is 15.6 Å². The SMILES string of the molecule is CN(C)CCNC(=O)Nc1ccc(-c2nc(N)cc(CS(=O)(=O)C3CCCCC3)n2)cc1. The molecule has 2 aromatic rings. The van der Waals surface area contributed by atoms with Crippen LogP contribution in [0.4, 0.5) is 16.3 Å². The molecule has 9 nitrogen and oxygen atoms in total. The van der Waals surface area contributed by atoms with Gasteiger partial charge in [-0.25, -0.2) is 23.2 Å². The van der Waals surface area contributed by atoms with E-state index in [0.29, 0.717) is 42.2 Å². The second kappa shape index (κ2) is 10.7. The van der Waals surface area contributed by atoms with E-state index in [9.17, 15) is 13.2 Å². The van der Waals surface area contributed by atoms with Gasteiger partial charge in [-0.1, -0.05) is 19.3 Å². The Balaban J connectivity index is 1.67. The fourth-order valence-electron chi connectivity index (χ4n) is 3.74. The first-order valence-corrected chi connectivity index (χ1v) is 12.6. The third kappa shape index (κ3) is 6.89.